The van der Waals surface area contributed by atoms with Crippen molar-refractivity contribution in [3.05, 3.63) is 16.1 Å². The molecule has 2 heterocycles. The highest BCUT2D eigenvalue weighted by Gasteiger charge is 2.35. The Kier molecular flexibility index (Phi) is 3.73. The highest BCUT2D eigenvalue weighted by Crippen LogP contribution is 2.32. The van der Waals surface area contributed by atoms with Crippen LogP contribution in [-0.4, -0.2) is 43.1 Å². The van der Waals surface area contributed by atoms with Crippen LogP contribution in [0.3, 0.4) is 0 Å². The van der Waals surface area contributed by atoms with Gasteiger partial charge in [0.2, 0.25) is 0 Å². The standard InChI is InChI=1S/C13H20N2O2S/c1-13(2,12(16)17-4)11-14-10(8-18-11)9-5-6-15(3)7-9/h8-9H,5-7H2,1-4H3. The van der Waals surface area contributed by atoms with E-state index in [0.29, 0.717) is 5.92 Å². The smallest absolute Gasteiger partial charge is 0.318 e. The number of likely N-dealkylation sites (N-methyl/N-ethyl adjacent to an activating group) is 1. The molecule has 0 N–H and O–H groups in total. The quantitative estimate of drug-likeness (QED) is 0.787. The van der Waals surface area contributed by atoms with Crippen molar-refractivity contribution in [1.82, 2.24) is 9.88 Å². The SMILES string of the molecule is COC(=O)C(C)(C)c1nc(C2CCN(C)C2)cs1. The number of hydrogen-bond acceptors (Lipinski definition) is 5. The Balaban J connectivity index is 2.17. The number of aromatic nitrogens is 1. The van der Waals surface area contributed by atoms with Crippen LogP contribution < -0.4 is 0 Å². The molecule has 0 saturated carbocycles. The molecular formula is C13H20N2O2S. The lowest BCUT2D eigenvalue weighted by Crippen LogP contribution is -2.30. The molecule has 1 atom stereocenters. The summed E-state index contributed by atoms with van der Waals surface area (Å²) in [4.78, 5) is 18.7. The highest BCUT2D eigenvalue weighted by atomic mass is 32.1. The third kappa shape index (κ3) is 2.42. The number of carbonyl (C=O) groups is 1. The molecule has 2 rings (SSSR count). The first-order valence-corrected chi connectivity index (χ1v) is 7.06. The van der Waals surface area contributed by atoms with Gasteiger partial charge in [0.1, 0.15) is 10.4 Å². The van der Waals surface area contributed by atoms with Crippen LogP contribution in [0.1, 0.15) is 36.9 Å². The summed E-state index contributed by atoms with van der Waals surface area (Å²) in [6, 6.07) is 0. The molecule has 1 fully saturated rings. The van der Waals surface area contributed by atoms with Crippen molar-refractivity contribution in [2.24, 2.45) is 0 Å². The Morgan fingerprint density at radius 1 is 1.61 bits per heavy atom. The van der Waals surface area contributed by atoms with Gasteiger partial charge in [-0.05, 0) is 33.9 Å². The van der Waals surface area contributed by atoms with E-state index in [2.05, 4.69) is 22.3 Å². The van der Waals surface area contributed by atoms with E-state index in [-0.39, 0.29) is 5.97 Å². The minimum atomic E-state index is -0.651. The molecule has 0 aromatic carbocycles. The summed E-state index contributed by atoms with van der Waals surface area (Å²) in [5, 5.41) is 2.93. The van der Waals surface area contributed by atoms with Crippen LogP contribution in [0.25, 0.3) is 0 Å². The summed E-state index contributed by atoms with van der Waals surface area (Å²) in [6.45, 7) is 5.91. The van der Waals surface area contributed by atoms with E-state index in [9.17, 15) is 4.79 Å². The second kappa shape index (κ2) is 4.97. The molecule has 18 heavy (non-hydrogen) atoms. The number of thiazole rings is 1. The van der Waals surface area contributed by atoms with Gasteiger partial charge >= 0.3 is 5.97 Å². The van der Waals surface area contributed by atoms with E-state index in [1.807, 2.05) is 13.8 Å². The topological polar surface area (TPSA) is 42.4 Å². The first kappa shape index (κ1) is 13.5. The fourth-order valence-corrected chi connectivity index (χ4v) is 3.29. The third-order valence-corrected chi connectivity index (χ3v) is 4.75. The highest BCUT2D eigenvalue weighted by molar-refractivity contribution is 7.10. The van der Waals surface area contributed by atoms with Gasteiger partial charge < -0.3 is 9.64 Å². The van der Waals surface area contributed by atoms with Gasteiger partial charge in [-0.3, -0.25) is 4.79 Å². The van der Waals surface area contributed by atoms with E-state index in [1.165, 1.54) is 7.11 Å². The summed E-state index contributed by atoms with van der Waals surface area (Å²) in [6.07, 6.45) is 1.15. The van der Waals surface area contributed by atoms with Gasteiger partial charge in [-0.2, -0.15) is 0 Å². The van der Waals surface area contributed by atoms with Gasteiger partial charge in [-0.15, -0.1) is 11.3 Å². The molecule has 100 valence electrons. The molecule has 1 aromatic rings. The number of methoxy groups -OCH3 is 1. The summed E-state index contributed by atoms with van der Waals surface area (Å²) in [7, 11) is 3.55. The van der Waals surface area contributed by atoms with Crippen LogP contribution in [0.15, 0.2) is 5.38 Å². The molecule has 0 amide bonds. The van der Waals surface area contributed by atoms with Crippen LogP contribution in [0.5, 0.6) is 0 Å². The third-order valence-electron chi connectivity index (χ3n) is 3.56. The Morgan fingerprint density at radius 2 is 2.33 bits per heavy atom. The molecule has 1 aliphatic heterocycles. The second-order valence-electron chi connectivity index (χ2n) is 5.44. The minimum absolute atomic E-state index is 0.230. The average Bonchev–Trinajstić information content (AvgIpc) is 2.95. The van der Waals surface area contributed by atoms with Crippen LogP contribution >= 0.6 is 11.3 Å². The van der Waals surface area contributed by atoms with Crippen molar-refractivity contribution < 1.29 is 9.53 Å². The molecule has 1 aliphatic rings. The number of nitrogens with zero attached hydrogens (tertiary/aromatic N) is 2. The molecule has 0 bridgehead atoms. The number of carbonyl (C=O) groups excluding carboxylic acids is 1. The predicted octanol–water partition coefficient (Wildman–Crippen LogP) is 2.01. The van der Waals surface area contributed by atoms with Crippen LogP contribution in [0.4, 0.5) is 0 Å². The molecule has 0 radical (unpaired) electrons. The fraction of sp³-hybridized carbons (Fsp3) is 0.692. The number of ether oxygens (including phenoxy) is 1. The lowest BCUT2D eigenvalue weighted by molar-refractivity contribution is -0.146. The lowest BCUT2D eigenvalue weighted by Gasteiger charge is -2.18. The molecular weight excluding hydrogens is 248 g/mol. The molecule has 1 saturated heterocycles. The van der Waals surface area contributed by atoms with E-state index in [1.54, 1.807) is 11.3 Å². The van der Waals surface area contributed by atoms with E-state index >= 15 is 0 Å². The summed E-state index contributed by atoms with van der Waals surface area (Å²) < 4.78 is 4.84. The van der Waals surface area contributed by atoms with E-state index < -0.39 is 5.41 Å². The number of esters is 1. The Hall–Kier alpha value is -0.940. The predicted molar refractivity (Wildman–Crippen MR) is 72.0 cm³/mol. The van der Waals surface area contributed by atoms with Crippen molar-refractivity contribution in [3.8, 4) is 0 Å². The summed E-state index contributed by atoms with van der Waals surface area (Å²) >= 11 is 1.56. The molecule has 1 aromatic heterocycles. The second-order valence-corrected chi connectivity index (χ2v) is 6.30. The largest absolute Gasteiger partial charge is 0.468 e. The molecule has 5 heteroatoms. The van der Waals surface area contributed by atoms with Crippen molar-refractivity contribution in [2.75, 3.05) is 27.2 Å². The maximum atomic E-state index is 11.8. The Labute approximate surface area is 112 Å². The molecule has 1 unspecified atom stereocenters. The molecule has 4 nitrogen and oxygen atoms in total. The van der Waals surface area contributed by atoms with Gasteiger partial charge in [0.25, 0.3) is 0 Å². The Morgan fingerprint density at radius 3 is 2.89 bits per heavy atom. The first-order valence-electron chi connectivity index (χ1n) is 6.18. The van der Waals surface area contributed by atoms with Gasteiger partial charge in [0.05, 0.1) is 12.8 Å². The number of hydrogen-bond donors (Lipinski definition) is 0. The monoisotopic (exact) mass is 268 g/mol. The summed E-state index contributed by atoms with van der Waals surface area (Å²) in [5.74, 6) is 0.278. The average molecular weight is 268 g/mol. The number of likely N-dealkylation sites (tertiary alicyclic amines) is 1. The lowest BCUT2D eigenvalue weighted by atomic mass is 9.94. The molecule has 0 aliphatic carbocycles. The van der Waals surface area contributed by atoms with E-state index in [4.69, 9.17) is 4.74 Å². The maximum Gasteiger partial charge on any atom is 0.318 e. The maximum absolute atomic E-state index is 11.8. The normalized spacial score (nSPS) is 21.2. The van der Waals surface area contributed by atoms with Crippen LogP contribution in [-0.2, 0) is 14.9 Å². The molecule has 0 spiro atoms. The van der Waals surface area contributed by atoms with Gasteiger partial charge in [0.15, 0.2) is 0 Å². The first-order chi connectivity index (χ1) is 8.45. The zero-order chi connectivity index (χ0) is 13.3. The van der Waals surface area contributed by atoms with Crippen LogP contribution in [0, 0.1) is 0 Å². The van der Waals surface area contributed by atoms with Crippen molar-refractivity contribution >= 4 is 17.3 Å². The van der Waals surface area contributed by atoms with E-state index in [0.717, 1.165) is 30.2 Å². The number of rotatable bonds is 3. The van der Waals surface area contributed by atoms with Gasteiger partial charge in [0, 0.05) is 17.8 Å². The van der Waals surface area contributed by atoms with Crippen LogP contribution in [0.2, 0.25) is 0 Å². The van der Waals surface area contributed by atoms with Crippen molar-refractivity contribution in [2.45, 2.75) is 31.6 Å². The zero-order valence-corrected chi connectivity index (χ0v) is 12.2. The van der Waals surface area contributed by atoms with Gasteiger partial charge in [-0.25, -0.2) is 4.98 Å². The Bertz CT molecular complexity index is 442. The minimum Gasteiger partial charge on any atom is -0.468 e. The van der Waals surface area contributed by atoms with Gasteiger partial charge in [-0.1, -0.05) is 0 Å². The summed E-state index contributed by atoms with van der Waals surface area (Å²) in [5.41, 5.74) is 0.471. The zero-order valence-electron chi connectivity index (χ0n) is 11.4. The van der Waals surface area contributed by atoms with Crippen molar-refractivity contribution in [1.29, 1.82) is 0 Å². The fourth-order valence-electron chi connectivity index (χ4n) is 2.28. The van der Waals surface area contributed by atoms with Crippen molar-refractivity contribution in [3.63, 3.8) is 0 Å².